The first-order valence-corrected chi connectivity index (χ1v) is 38.5. The SMILES string of the molecule is CCCCCC/C=C\C/C=C\CCCCCCCCCC(=O)NC(COC1OC(CO)C(OC2OC(CO)C(OC3OC(CO)C(O)C(O)C3O)C(O)C2O)C(O)C1O)C(O)/C=C/CC/C=C/CC/C=C/CCCCCCCCCCCCCCCCCCCCCCCCC. The number of unbranched alkanes of at least 4 members (excludes halogenated alkanes) is 36. The van der Waals surface area contributed by atoms with Crippen LogP contribution in [-0.4, -0.2) is 193 Å². The summed E-state index contributed by atoms with van der Waals surface area (Å²) < 4.78 is 34.4. The molecule has 96 heavy (non-hydrogen) atoms. The number of hydrogen-bond acceptors (Lipinski definition) is 18. The maximum absolute atomic E-state index is 13.4. The van der Waals surface area contributed by atoms with Gasteiger partial charge in [0.2, 0.25) is 5.91 Å². The van der Waals surface area contributed by atoms with Crippen LogP contribution in [0.5, 0.6) is 0 Å². The Labute approximate surface area is 579 Å². The molecule has 0 aromatic heterocycles. The summed E-state index contributed by atoms with van der Waals surface area (Å²) in [5, 5.41) is 121. The summed E-state index contributed by atoms with van der Waals surface area (Å²) in [4.78, 5) is 13.4. The molecule has 12 N–H and O–H groups in total. The molecule has 3 aliphatic rings. The zero-order valence-corrected chi connectivity index (χ0v) is 59.6. The van der Waals surface area contributed by atoms with E-state index in [-0.39, 0.29) is 18.9 Å². The van der Waals surface area contributed by atoms with Gasteiger partial charge in [-0.15, -0.1) is 0 Å². The van der Waals surface area contributed by atoms with Crippen LogP contribution in [0.15, 0.2) is 60.8 Å². The minimum atomic E-state index is -1.99. The van der Waals surface area contributed by atoms with Crippen LogP contribution in [0.3, 0.4) is 0 Å². The lowest BCUT2D eigenvalue weighted by molar-refractivity contribution is -0.379. The van der Waals surface area contributed by atoms with Gasteiger partial charge in [0.1, 0.15) is 73.2 Å². The third kappa shape index (κ3) is 38.5. The van der Waals surface area contributed by atoms with Crippen molar-refractivity contribution in [2.24, 2.45) is 0 Å². The van der Waals surface area contributed by atoms with E-state index < -0.39 is 124 Å². The third-order valence-electron chi connectivity index (χ3n) is 19.0. The van der Waals surface area contributed by atoms with Gasteiger partial charge in [-0.1, -0.05) is 267 Å². The highest BCUT2D eigenvalue weighted by Crippen LogP contribution is 2.33. The van der Waals surface area contributed by atoms with Gasteiger partial charge in [-0.25, -0.2) is 0 Å². The Morgan fingerprint density at radius 2 is 0.698 bits per heavy atom. The van der Waals surface area contributed by atoms with Crippen molar-refractivity contribution in [3.63, 3.8) is 0 Å². The Morgan fingerprint density at radius 1 is 0.375 bits per heavy atom. The van der Waals surface area contributed by atoms with Gasteiger partial charge < -0.3 is 89.9 Å². The Hall–Kier alpha value is -2.51. The summed E-state index contributed by atoms with van der Waals surface area (Å²) in [6.07, 6.45) is 46.5. The van der Waals surface area contributed by atoms with Crippen molar-refractivity contribution in [1.29, 1.82) is 0 Å². The number of nitrogens with one attached hydrogen (secondary N) is 1. The summed E-state index contributed by atoms with van der Waals surface area (Å²) in [6.45, 7) is 1.71. The summed E-state index contributed by atoms with van der Waals surface area (Å²) in [5.41, 5.74) is 0. The van der Waals surface area contributed by atoms with E-state index in [0.29, 0.717) is 12.8 Å². The van der Waals surface area contributed by atoms with E-state index >= 15 is 0 Å². The second-order valence-electron chi connectivity index (χ2n) is 27.4. The fourth-order valence-corrected chi connectivity index (χ4v) is 12.8. The molecule has 3 fully saturated rings. The first-order chi connectivity index (χ1) is 46.8. The fourth-order valence-electron chi connectivity index (χ4n) is 12.8. The van der Waals surface area contributed by atoms with E-state index in [1.165, 1.54) is 173 Å². The van der Waals surface area contributed by atoms with Crippen LogP contribution >= 0.6 is 0 Å². The van der Waals surface area contributed by atoms with Crippen molar-refractivity contribution >= 4 is 5.91 Å². The monoisotopic (exact) mass is 1370 g/mol. The molecule has 0 aromatic rings. The van der Waals surface area contributed by atoms with Gasteiger partial charge in [0.05, 0.1) is 38.6 Å². The van der Waals surface area contributed by atoms with Gasteiger partial charge in [-0.05, 0) is 77.0 Å². The number of carbonyl (C=O) groups is 1. The molecule has 1 amide bonds. The Bertz CT molecular complexity index is 1970. The fraction of sp³-hybridized carbons (Fsp3) is 0.857. The van der Waals surface area contributed by atoms with Crippen LogP contribution in [0.2, 0.25) is 0 Å². The van der Waals surface area contributed by atoms with Crippen LogP contribution in [0.4, 0.5) is 0 Å². The van der Waals surface area contributed by atoms with Crippen molar-refractivity contribution in [2.45, 2.75) is 394 Å². The van der Waals surface area contributed by atoms with Gasteiger partial charge in [0.25, 0.3) is 0 Å². The van der Waals surface area contributed by atoms with E-state index in [9.17, 15) is 61.0 Å². The van der Waals surface area contributed by atoms with Gasteiger partial charge in [-0.3, -0.25) is 4.79 Å². The van der Waals surface area contributed by atoms with Crippen LogP contribution in [-0.2, 0) is 33.2 Å². The van der Waals surface area contributed by atoms with Gasteiger partial charge >= 0.3 is 0 Å². The number of ether oxygens (including phenoxy) is 6. The minimum Gasteiger partial charge on any atom is -0.394 e. The molecule has 3 heterocycles. The molecule has 0 bridgehead atoms. The molecule has 0 aromatic carbocycles. The van der Waals surface area contributed by atoms with E-state index in [2.05, 4.69) is 67.8 Å². The highest BCUT2D eigenvalue weighted by molar-refractivity contribution is 5.76. The molecule has 3 saturated heterocycles. The highest BCUT2D eigenvalue weighted by atomic mass is 16.8. The Morgan fingerprint density at radius 3 is 1.11 bits per heavy atom. The molecule has 19 nitrogen and oxygen atoms in total. The Kier molecular flexibility index (Phi) is 53.0. The van der Waals surface area contributed by atoms with Crippen molar-refractivity contribution in [2.75, 3.05) is 26.4 Å². The second kappa shape index (κ2) is 58.0. The molecule has 3 rings (SSSR count). The predicted molar refractivity (Wildman–Crippen MR) is 379 cm³/mol. The lowest BCUT2D eigenvalue weighted by atomic mass is 9.96. The summed E-state index contributed by atoms with van der Waals surface area (Å²) >= 11 is 0. The molecule has 0 spiro atoms. The average molecular weight is 1370 g/mol. The molecule has 560 valence electrons. The van der Waals surface area contributed by atoms with E-state index in [1.54, 1.807) is 6.08 Å². The minimum absolute atomic E-state index is 0.221. The number of hydrogen-bond donors (Lipinski definition) is 12. The number of rotatable bonds is 60. The van der Waals surface area contributed by atoms with Crippen LogP contribution in [0.1, 0.15) is 290 Å². The van der Waals surface area contributed by atoms with E-state index in [4.69, 9.17) is 28.4 Å². The maximum atomic E-state index is 13.4. The van der Waals surface area contributed by atoms with Gasteiger partial charge in [0.15, 0.2) is 18.9 Å². The summed E-state index contributed by atoms with van der Waals surface area (Å²) in [7, 11) is 0. The van der Waals surface area contributed by atoms with Crippen LogP contribution in [0, 0.1) is 0 Å². The highest BCUT2D eigenvalue weighted by Gasteiger charge is 2.53. The number of aliphatic hydroxyl groups excluding tert-OH is 11. The second-order valence-corrected chi connectivity index (χ2v) is 27.4. The zero-order valence-electron chi connectivity index (χ0n) is 59.6. The largest absolute Gasteiger partial charge is 0.394 e. The van der Waals surface area contributed by atoms with Gasteiger partial charge in [-0.2, -0.15) is 0 Å². The van der Waals surface area contributed by atoms with Crippen LogP contribution < -0.4 is 5.32 Å². The predicted octanol–water partition coefficient (Wildman–Crippen LogP) is 11.9. The van der Waals surface area contributed by atoms with Crippen molar-refractivity contribution in [3.05, 3.63) is 60.8 Å². The topological polar surface area (TPSA) is 307 Å². The lowest BCUT2D eigenvalue weighted by Crippen LogP contribution is -2.66. The first-order valence-electron chi connectivity index (χ1n) is 38.5. The average Bonchev–Trinajstić information content (AvgIpc) is 0.798. The lowest BCUT2D eigenvalue weighted by Gasteiger charge is -2.48. The molecule has 0 aliphatic carbocycles. The standard InChI is InChI=1S/C77H139NO18/c1-3-5-7-9-11-13-15-17-19-21-23-24-25-26-27-28-29-30-31-32-33-34-35-36-37-38-40-42-44-46-48-50-52-54-61(82)60(78-65(83)55-53-51-49-47-45-43-41-39-22-20-18-16-14-12-10-8-6-4-2)59-91-75-71(89)68(86)73(63(57-80)93-75)96-77-72(90)69(87)74(64(58-81)94-77)95-76-70(88)67(85)66(84)62(56-79)92-76/h14,16,20,22,37-38,44,46,52,54,60-64,66-77,79-82,84-90H,3-13,15,17-19,21,23-36,39-43,45,47-51,53,55-59H2,1-2H3,(H,78,83)/b16-14-,22-20-,38-37+,46-44+,54-52+. The summed E-state index contributed by atoms with van der Waals surface area (Å²) in [5.74, 6) is -0.297. The molecule has 0 radical (unpaired) electrons. The molecule has 17 unspecified atom stereocenters. The quantitative estimate of drug-likeness (QED) is 0.0199. The number of carbonyl (C=O) groups excluding carboxylic acids is 1. The van der Waals surface area contributed by atoms with E-state index in [0.717, 1.165) is 83.5 Å². The van der Waals surface area contributed by atoms with Crippen molar-refractivity contribution < 1.29 is 89.4 Å². The molecule has 3 aliphatic heterocycles. The Balaban J connectivity index is 1.40. The van der Waals surface area contributed by atoms with E-state index in [1.807, 2.05) is 6.08 Å². The van der Waals surface area contributed by atoms with Gasteiger partial charge in [0, 0.05) is 6.42 Å². The van der Waals surface area contributed by atoms with Crippen molar-refractivity contribution in [1.82, 2.24) is 5.32 Å². The number of amides is 1. The maximum Gasteiger partial charge on any atom is 0.220 e. The normalized spacial score (nSPS) is 27.4. The number of allylic oxidation sites excluding steroid dienone is 9. The third-order valence-corrected chi connectivity index (χ3v) is 19.0. The molecule has 0 saturated carbocycles. The molecule has 17 atom stereocenters. The zero-order chi connectivity index (χ0) is 69.6. The number of aliphatic hydroxyl groups is 11. The smallest absolute Gasteiger partial charge is 0.220 e. The summed E-state index contributed by atoms with van der Waals surface area (Å²) in [6, 6.07) is -1.00. The molecular weight excluding hydrogens is 1230 g/mol. The van der Waals surface area contributed by atoms with Crippen LogP contribution in [0.25, 0.3) is 0 Å². The first kappa shape index (κ1) is 87.7. The molecule has 19 heteroatoms. The molecular formula is C77H139NO18. The van der Waals surface area contributed by atoms with Crippen molar-refractivity contribution in [3.8, 4) is 0 Å².